The summed E-state index contributed by atoms with van der Waals surface area (Å²) in [6, 6.07) is 1.48. The van der Waals surface area contributed by atoms with Crippen molar-refractivity contribution >= 4 is 11.9 Å². The van der Waals surface area contributed by atoms with Crippen LogP contribution in [0.1, 0.15) is 39.5 Å². The Labute approximate surface area is 119 Å². The van der Waals surface area contributed by atoms with Crippen molar-refractivity contribution in [3.8, 4) is 0 Å². The third-order valence-corrected chi connectivity index (χ3v) is 4.60. The van der Waals surface area contributed by atoms with Gasteiger partial charge < -0.3 is 21.3 Å². The Morgan fingerprint density at radius 3 is 2.30 bits per heavy atom. The van der Waals surface area contributed by atoms with E-state index in [1.165, 1.54) is 25.7 Å². The van der Waals surface area contributed by atoms with Gasteiger partial charge in [-0.3, -0.25) is 0 Å². The average Bonchev–Trinajstić information content (AvgIpc) is 2.69. The average molecular weight is 286 g/mol. The molecule has 0 aromatic rings. The molecule has 2 rings (SSSR count). The first-order valence-electron chi connectivity index (χ1n) is 7.30. The van der Waals surface area contributed by atoms with Crippen LogP contribution in [0.3, 0.4) is 0 Å². The highest BCUT2D eigenvalue weighted by molar-refractivity contribution is 6.27. The topological polar surface area (TPSA) is 113 Å². The van der Waals surface area contributed by atoms with Gasteiger partial charge in [-0.05, 0) is 50.5 Å². The van der Waals surface area contributed by atoms with Crippen molar-refractivity contribution in [3.63, 3.8) is 0 Å². The maximum Gasteiger partial charge on any atom is 0.414 e. The first-order valence-corrected chi connectivity index (χ1v) is 7.30. The first-order chi connectivity index (χ1) is 9.38. The van der Waals surface area contributed by atoms with Crippen molar-refractivity contribution in [2.75, 3.05) is 6.54 Å². The van der Waals surface area contributed by atoms with Gasteiger partial charge in [-0.1, -0.05) is 13.3 Å². The molecular formula is C14H26N2O4. The number of carboxylic acids is 2. The van der Waals surface area contributed by atoms with Crippen molar-refractivity contribution in [2.24, 2.45) is 23.5 Å². The number of hydrogen-bond donors (Lipinski definition) is 4. The Bertz CT molecular complexity index is 336. The molecule has 116 valence electrons. The molecule has 5 atom stereocenters. The zero-order chi connectivity index (χ0) is 15.3. The van der Waals surface area contributed by atoms with Crippen LogP contribution in [0.25, 0.3) is 0 Å². The van der Waals surface area contributed by atoms with Gasteiger partial charge in [-0.25, -0.2) is 9.59 Å². The molecule has 0 aromatic carbocycles. The second-order valence-electron chi connectivity index (χ2n) is 5.90. The summed E-state index contributed by atoms with van der Waals surface area (Å²) in [5, 5.41) is 18.6. The zero-order valence-corrected chi connectivity index (χ0v) is 12.2. The monoisotopic (exact) mass is 286 g/mol. The summed E-state index contributed by atoms with van der Waals surface area (Å²) in [5.41, 5.74) is 5.70. The molecule has 6 nitrogen and oxygen atoms in total. The van der Waals surface area contributed by atoms with Crippen LogP contribution >= 0.6 is 0 Å². The van der Waals surface area contributed by atoms with Gasteiger partial charge in [0.25, 0.3) is 0 Å². The summed E-state index contributed by atoms with van der Waals surface area (Å²) >= 11 is 0. The highest BCUT2D eigenvalue weighted by atomic mass is 16.4. The van der Waals surface area contributed by atoms with Gasteiger partial charge in [0.05, 0.1) is 0 Å². The lowest BCUT2D eigenvalue weighted by Gasteiger charge is -2.33. The number of carboxylic acid groups (broad SMARTS) is 2. The number of rotatable bonds is 2. The molecule has 1 saturated carbocycles. The second-order valence-corrected chi connectivity index (χ2v) is 5.90. The minimum atomic E-state index is -1.82. The van der Waals surface area contributed by atoms with Crippen molar-refractivity contribution in [1.82, 2.24) is 5.32 Å². The minimum absolute atomic E-state index is 0.689. The molecule has 5 unspecified atom stereocenters. The van der Waals surface area contributed by atoms with Crippen LogP contribution in [-0.2, 0) is 9.59 Å². The number of fused-ring (bicyclic) bond motifs is 1. The Kier molecular flexibility index (Phi) is 6.42. The Hall–Kier alpha value is -1.14. The third kappa shape index (κ3) is 4.18. The normalized spacial score (nSPS) is 35.6. The minimum Gasteiger partial charge on any atom is -0.473 e. The summed E-state index contributed by atoms with van der Waals surface area (Å²) in [7, 11) is 0. The van der Waals surface area contributed by atoms with E-state index in [2.05, 4.69) is 19.2 Å². The molecule has 2 fully saturated rings. The van der Waals surface area contributed by atoms with E-state index in [0.717, 1.165) is 30.3 Å². The fourth-order valence-electron chi connectivity index (χ4n) is 3.68. The molecule has 1 saturated heterocycles. The fraction of sp³-hybridized carbons (Fsp3) is 0.857. The van der Waals surface area contributed by atoms with E-state index in [4.69, 9.17) is 25.5 Å². The molecular weight excluding hydrogens is 260 g/mol. The van der Waals surface area contributed by atoms with Gasteiger partial charge in [0.1, 0.15) is 0 Å². The van der Waals surface area contributed by atoms with Gasteiger partial charge in [0, 0.05) is 12.1 Å². The SMILES string of the molecule is CC1CCCC2C(CCN)C(C)NC12.O=C(O)C(=O)O. The summed E-state index contributed by atoms with van der Waals surface area (Å²) in [5.74, 6) is -1.02. The zero-order valence-electron chi connectivity index (χ0n) is 12.2. The molecule has 20 heavy (non-hydrogen) atoms. The van der Waals surface area contributed by atoms with Crippen LogP contribution in [0.5, 0.6) is 0 Å². The van der Waals surface area contributed by atoms with E-state index in [-0.39, 0.29) is 0 Å². The van der Waals surface area contributed by atoms with E-state index in [0.29, 0.717) is 6.04 Å². The molecule has 1 heterocycles. The predicted molar refractivity (Wildman–Crippen MR) is 75.3 cm³/mol. The molecule has 2 aliphatic rings. The van der Waals surface area contributed by atoms with Crippen LogP contribution in [-0.4, -0.2) is 40.8 Å². The number of nitrogens with two attached hydrogens (primary N) is 1. The lowest BCUT2D eigenvalue weighted by atomic mass is 9.73. The number of carbonyl (C=O) groups is 2. The molecule has 0 spiro atoms. The molecule has 1 aliphatic heterocycles. The summed E-state index contributed by atoms with van der Waals surface area (Å²) in [6.45, 7) is 5.60. The summed E-state index contributed by atoms with van der Waals surface area (Å²) in [6.07, 6.45) is 5.48. The second kappa shape index (κ2) is 7.59. The van der Waals surface area contributed by atoms with Crippen LogP contribution in [0.4, 0.5) is 0 Å². The van der Waals surface area contributed by atoms with Gasteiger partial charge in [-0.2, -0.15) is 0 Å². The standard InChI is InChI=1S/C12H24N2.C2H2O4/c1-8-4-3-5-11-10(6-7-13)9(2)14-12(8)11;3-1(4)2(5)6/h8-12,14H,3-7,13H2,1-2H3;(H,3,4)(H,5,6). The molecule has 6 heteroatoms. The third-order valence-electron chi connectivity index (χ3n) is 4.60. The van der Waals surface area contributed by atoms with Crippen LogP contribution in [0.2, 0.25) is 0 Å². The van der Waals surface area contributed by atoms with Crippen molar-refractivity contribution in [3.05, 3.63) is 0 Å². The van der Waals surface area contributed by atoms with Crippen LogP contribution < -0.4 is 11.1 Å². The van der Waals surface area contributed by atoms with Crippen molar-refractivity contribution < 1.29 is 19.8 Å². The lowest BCUT2D eigenvalue weighted by molar-refractivity contribution is -0.159. The lowest BCUT2D eigenvalue weighted by Crippen LogP contribution is -2.38. The smallest absolute Gasteiger partial charge is 0.414 e. The molecule has 0 amide bonds. The van der Waals surface area contributed by atoms with Gasteiger partial charge >= 0.3 is 11.9 Å². The van der Waals surface area contributed by atoms with Gasteiger partial charge in [-0.15, -0.1) is 0 Å². The Morgan fingerprint density at radius 1 is 1.20 bits per heavy atom. The van der Waals surface area contributed by atoms with Crippen LogP contribution in [0, 0.1) is 17.8 Å². The van der Waals surface area contributed by atoms with Gasteiger partial charge in [0.15, 0.2) is 0 Å². The van der Waals surface area contributed by atoms with E-state index >= 15 is 0 Å². The maximum absolute atomic E-state index is 9.10. The molecule has 0 bridgehead atoms. The summed E-state index contributed by atoms with van der Waals surface area (Å²) < 4.78 is 0. The van der Waals surface area contributed by atoms with E-state index in [1.807, 2.05) is 0 Å². The van der Waals surface area contributed by atoms with Crippen molar-refractivity contribution in [2.45, 2.75) is 51.6 Å². The Balaban J connectivity index is 0.000000286. The predicted octanol–water partition coefficient (Wildman–Crippen LogP) is 0.904. The molecule has 0 aromatic heterocycles. The Morgan fingerprint density at radius 2 is 1.80 bits per heavy atom. The van der Waals surface area contributed by atoms with E-state index < -0.39 is 11.9 Å². The van der Waals surface area contributed by atoms with Gasteiger partial charge in [0.2, 0.25) is 0 Å². The van der Waals surface area contributed by atoms with Crippen molar-refractivity contribution in [1.29, 1.82) is 0 Å². The number of hydrogen-bond acceptors (Lipinski definition) is 4. The molecule has 0 radical (unpaired) electrons. The van der Waals surface area contributed by atoms with E-state index in [1.54, 1.807) is 0 Å². The van der Waals surface area contributed by atoms with Crippen LogP contribution in [0.15, 0.2) is 0 Å². The fourth-order valence-corrected chi connectivity index (χ4v) is 3.68. The maximum atomic E-state index is 9.10. The number of aliphatic carboxylic acids is 2. The molecule has 1 aliphatic carbocycles. The highest BCUT2D eigenvalue weighted by Crippen LogP contribution is 2.41. The first kappa shape index (κ1) is 16.9. The largest absolute Gasteiger partial charge is 0.473 e. The van der Waals surface area contributed by atoms with E-state index in [9.17, 15) is 0 Å². The molecule has 5 N–H and O–H groups in total. The quantitative estimate of drug-likeness (QED) is 0.561. The number of nitrogens with one attached hydrogen (secondary N) is 1. The summed E-state index contributed by atoms with van der Waals surface area (Å²) in [4.78, 5) is 18.2. The highest BCUT2D eigenvalue weighted by Gasteiger charge is 2.43.